The molecule has 1 aromatic rings. The van der Waals surface area contributed by atoms with Crippen LogP contribution in [0.1, 0.15) is 58.4 Å². The number of hydrogen-bond acceptors (Lipinski definition) is 4. The maximum Gasteiger partial charge on any atom is 0.235 e. The second-order valence-corrected chi connectivity index (χ2v) is 9.50. The highest BCUT2D eigenvalue weighted by molar-refractivity contribution is 6.06. The summed E-state index contributed by atoms with van der Waals surface area (Å²) in [5.41, 5.74) is 2.09. The molecule has 6 nitrogen and oxygen atoms in total. The molecule has 0 saturated carbocycles. The molecule has 3 fully saturated rings. The Hall–Kier alpha value is -2.21. The van der Waals surface area contributed by atoms with E-state index in [1.807, 2.05) is 24.3 Å². The van der Waals surface area contributed by atoms with Gasteiger partial charge in [-0.1, -0.05) is 32.9 Å². The standard InChI is InChI=1S/C23H30N2O4/c1-23(2,3)14-7-9-15(10-8-14)24-18(26)6-4-5-13-25-21(27)19-16-11-12-17(29-16)20(19)22(25)28/h7-10,16-17,19-20H,4-6,11-13H2,1-3H3,(H,24,26). The number of rotatable bonds is 6. The Morgan fingerprint density at radius 1 is 1.03 bits per heavy atom. The van der Waals surface area contributed by atoms with Crippen molar-refractivity contribution in [2.75, 3.05) is 11.9 Å². The first kappa shape index (κ1) is 20.1. The lowest BCUT2D eigenvalue weighted by molar-refractivity contribution is -0.142. The van der Waals surface area contributed by atoms with Crippen LogP contribution in [0.3, 0.4) is 0 Å². The molecule has 0 aromatic heterocycles. The van der Waals surface area contributed by atoms with E-state index in [0.717, 1.165) is 18.5 Å². The predicted octanol–water partition coefficient (Wildman–Crippen LogP) is 3.26. The Labute approximate surface area is 172 Å². The van der Waals surface area contributed by atoms with Crippen molar-refractivity contribution >= 4 is 23.4 Å². The first-order valence-corrected chi connectivity index (χ1v) is 10.7. The molecule has 3 aliphatic heterocycles. The van der Waals surface area contributed by atoms with Crippen LogP contribution in [0.2, 0.25) is 0 Å². The molecule has 3 amide bonds. The zero-order valence-corrected chi connectivity index (χ0v) is 17.4. The Kier molecular flexibility index (Phi) is 5.23. The Morgan fingerprint density at radius 3 is 2.17 bits per heavy atom. The highest BCUT2D eigenvalue weighted by Crippen LogP contribution is 2.48. The number of carbonyl (C=O) groups is 3. The fourth-order valence-corrected chi connectivity index (χ4v) is 4.83. The van der Waals surface area contributed by atoms with Crippen molar-refractivity contribution in [1.82, 2.24) is 4.90 Å². The maximum atomic E-state index is 12.6. The van der Waals surface area contributed by atoms with Crippen molar-refractivity contribution in [1.29, 1.82) is 0 Å². The average Bonchev–Trinajstić information content (AvgIpc) is 3.34. The van der Waals surface area contributed by atoms with Gasteiger partial charge in [-0.15, -0.1) is 0 Å². The highest BCUT2D eigenvalue weighted by atomic mass is 16.5. The number of nitrogens with one attached hydrogen (secondary N) is 1. The van der Waals surface area contributed by atoms with Crippen LogP contribution < -0.4 is 5.32 Å². The number of unbranched alkanes of at least 4 members (excludes halogenated alkanes) is 1. The van der Waals surface area contributed by atoms with E-state index in [2.05, 4.69) is 26.1 Å². The van der Waals surface area contributed by atoms with Crippen molar-refractivity contribution in [3.05, 3.63) is 29.8 Å². The quantitative estimate of drug-likeness (QED) is 0.590. The third-order valence-corrected chi connectivity index (χ3v) is 6.45. The van der Waals surface area contributed by atoms with Crippen LogP contribution in [-0.2, 0) is 24.5 Å². The van der Waals surface area contributed by atoms with Crippen molar-refractivity contribution in [3.8, 4) is 0 Å². The van der Waals surface area contributed by atoms with E-state index in [9.17, 15) is 14.4 Å². The number of fused-ring (bicyclic) bond motifs is 5. The number of amides is 3. The molecule has 0 spiro atoms. The van der Waals surface area contributed by atoms with Gasteiger partial charge in [-0.2, -0.15) is 0 Å². The lowest BCUT2D eigenvalue weighted by Crippen LogP contribution is -2.35. The minimum absolute atomic E-state index is 0.0455. The smallest absolute Gasteiger partial charge is 0.235 e. The maximum absolute atomic E-state index is 12.6. The molecule has 156 valence electrons. The van der Waals surface area contributed by atoms with Crippen LogP contribution in [0.15, 0.2) is 24.3 Å². The molecular weight excluding hydrogens is 368 g/mol. The highest BCUT2D eigenvalue weighted by Gasteiger charge is 2.62. The van der Waals surface area contributed by atoms with Gasteiger partial charge in [0.1, 0.15) is 0 Å². The fourth-order valence-electron chi connectivity index (χ4n) is 4.83. The van der Waals surface area contributed by atoms with Gasteiger partial charge in [-0.3, -0.25) is 19.3 Å². The van der Waals surface area contributed by atoms with Crippen LogP contribution in [0.25, 0.3) is 0 Å². The van der Waals surface area contributed by atoms with Crippen LogP contribution in [-0.4, -0.2) is 41.4 Å². The van der Waals surface area contributed by atoms with Crippen molar-refractivity contribution < 1.29 is 19.1 Å². The summed E-state index contributed by atoms with van der Waals surface area (Å²) in [6.07, 6.45) is 3.29. The van der Waals surface area contributed by atoms with Gasteiger partial charge in [0.2, 0.25) is 17.7 Å². The van der Waals surface area contributed by atoms with Gasteiger partial charge in [0.15, 0.2) is 0 Å². The van der Waals surface area contributed by atoms with Crippen molar-refractivity contribution in [3.63, 3.8) is 0 Å². The van der Waals surface area contributed by atoms with Crippen LogP contribution in [0, 0.1) is 11.8 Å². The number of ether oxygens (including phenoxy) is 1. The van der Waals surface area contributed by atoms with Gasteiger partial charge in [0.05, 0.1) is 24.0 Å². The van der Waals surface area contributed by atoms with E-state index in [0.29, 0.717) is 25.8 Å². The van der Waals surface area contributed by atoms with Crippen LogP contribution in [0.5, 0.6) is 0 Å². The van der Waals surface area contributed by atoms with Crippen molar-refractivity contribution in [2.24, 2.45) is 11.8 Å². The number of carbonyl (C=O) groups excluding carboxylic acids is 3. The topological polar surface area (TPSA) is 75.7 Å². The van der Waals surface area contributed by atoms with Crippen LogP contribution >= 0.6 is 0 Å². The number of imide groups is 1. The van der Waals surface area contributed by atoms with E-state index in [1.54, 1.807) is 0 Å². The van der Waals surface area contributed by atoms with Crippen molar-refractivity contribution in [2.45, 2.75) is 70.5 Å². The van der Waals surface area contributed by atoms with Gasteiger partial charge in [0.25, 0.3) is 0 Å². The summed E-state index contributed by atoms with van der Waals surface area (Å²) >= 11 is 0. The summed E-state index contributed by atoms with van der Waals surface area (Å²) in [6.45, 7) is 6.86. The van der Waals surface area contributed by atoms with Crippen LogP contribution in [0.4, 0.5) is 5.69 Å². The lowest BCUT2D eigenvalue weighted by atomic mass is 9.81. The molecule has 1 aromatic carbocycles. The van der Waals surface area contributed by atoms with Gasteiger partial charge in [-0.25, -0.2) is 0 Å². The molecule has 4 unspecified atom stereocenters. The first-order valence-electron chi connectivity index (χ1n) is 10.7. The molecule has 4 atom stereocenters. The van der Waals surface area contributed by atoms with Gasteiger partial charge >= 0.3 is 0 Å². The molecule has 2 bridgehead atoms. The van der Waals surface area contributed by atoms with E-state index in [-0.39, 0.29) is 47.2 Å². The number of likely N-dealkylation sites (tertiary alicyclic amines) is 1. The Bertz CT molecular complexity index is 783. The molecule has 6 heteroatoms. The second kappa shape index (κ2) is 7.56. The van der Waals surface area contributed by atoms with Gasteiger partial charge in [-0.05, 0) is 48.8 Å². The van der Waals surface area contributed by atoms with E-state index in [1.165, 1.54) is 10.5 Å². The van der Waals surface area contributed by atoms with Gasteiger partial charge in [0, 0.05) is 18.7 Å². The van der Waals surface area contributed by atoms with Gasteiger partial charge < -0.3 is 10.1 Å². The molecule has 29 heavy (non-hydrogen) atoms. The van der Waals surface area contributed by atoms with E-state index >= 15 is 0 Å². The predicted molar refractivity (Wildman–Crippen MR) is 109 cm³/mol. The second-order valence-electron chi connectivity index (χ2n) is 9.50. The monoisotopic (exact) mass is 398 g/mol. The molecule has 3 saturated heterocycles. The normalized spacial score (nSPS) is 28.2. The number of benzene rings is 1. The lowest BCUT2D eigenvalue weighted by Gasteiger charge is -2.19. The zero-order chi connectivity index (χ0) is 20.8. The molecule has 0 aliphatic carbocycles. The molecule has 0 radical (unpaired) electrons. The number of nitrogens with zero attached hydrogens (tertiary/aromatic N) is 1. The van der Waals surface area contributed by atoms with E-state index in [4.69, 9.17) is 4.74 Å². The summed E-state index contributed by atoms with van der Waals surface area (Å²) in [6, 6.07) is 7.92. The minimum atomic E-state index is -0.263. The van der Waals surface area contributed by atoms with E-state index < -0.39 is 0 Å². The summed E-state index contributed by atoms with van der Waals surface area (Å²) in [5.74, 6) is -0.719. The molecule has 4 rings (SSSR count). The summed E-state index contributed by atoms with van der Waals surface area (Å²) < 4.78 is 5.75. The average molecular weight is 399 g/mol. The summed E-state index contributed by atoms with van der Waals surface area (Å²) in [4.78, 5) is 38.8. The molecule has 3 aliphatic rings. The Morgan fingerprint density at radius 2 is 1.62 bits per heavy atom. The minimum Gasteiger partial charge on any atom is -0.373 e. The largest absolute Gasteiger partial charge is 0.373 e. The number of hydrogen-bond donors (Lipinski definition) is 1. The summed E-state index contributed by atoms with van der Waals surface area (Å²) in [7, 11) is 0. The third kappa shape index (κ3) is 3.82. The first-order chi connectivity index (χ1) is 13.8. The Balaban J connectivity index is 1.21. The molecule has 3 heterocycles. The molecule has 1 N–H and O–H groups in total. The number of anilines is 1. The molecular formula is C23H30N2O4. The fraction of sp³-hybridized carbons (Fsp3) is 0.609. The zero-order valence-electron chi connectivity index (χ0n) is 17.4. The summed E-state index contributed by atoms with van der Waals surface area (Å²) in [5, 5.41) is 2.92. The third-order valence-electron chi connectivity index (χ3n) is 6.45. The SMILES string of the molecule is CC(C)(C)c1ccc(NC(=O)CCCCN2C(=O)C3C4CCC(O4)C3C2=O)cc1.